The number of rotatable bonds is 13. The molecule has 0 aliphatic carbocycles. The highest BCUT2D eigenvalue weighted by molar-refractivity contribution is 5.78. The van der Waals surface area contributed by atoms with Crippen molar-refractivity contribution in [1.29, 1.82) is 0 Å². The molecule has 120 valence electrons. The fourth-order valence-corrected chi connectivity index (χ4v) is 2.55. The maximum atomic E-state index is 12.0. The molecular formula is C17H36N2O. The van der Waals surface area contributed by atoms with E-state index in [2.05, 4.69) is 19.2 Å². The summed E-state index contributed by atoms with van der Waals surface area (Å²) in [5.74, 6) is 0.242. The number of hydrogen-bond donors (Lipinski definition) is 1. The molecule has 1 N–H and O–H groups in total. The highest BCUT2D eigenvalue weighted by Crippen LogP contribution is 2.11. The molecule has 0 saturated carbocycles. The molecule has 0 rings (SSSR count). The Hall–Kier alpha value is -0.570. The van der Waals surface area contributed by atoms with Gasteiger partial charge in [0.25, 0.3) is 0 Å². The number of nitrogens with one attached hydrogen (secondary N) is 1. The van der Waals surface area contributed by atoms with Crippen molar-refractivity contribution >= 4 is 5.91 Å². The molecule has 3 nitrogen and oxygen atoms in total. The molecule has 0 aromatic carbocycles. The van der Waals surface area contributed by atoms with Crippen molar-refractivity contribution in [1.82, 2.24) is 10.2 Å². The van der Waals surface area contributed by atoms with Crippen LogP contribution in [0.25, 0.3) is 0 Å². The smallest absolute Gasteiger partial charge is 0.236 e. The minimum absolute atomic E-state index is 0.242. The zero-order chi connectivity index (χ0) is 15.2. The molecule has 0 heterocycles. The van der Waals surface area contributed by atoms with Crippen molar-refractivity contribution in [2.75, 3.05) is 19.6 Å². The monoisotopic (exact) mass is 284 g/mol. The number of amides is 1. The Morgan fingerprint density at radius 1 is 0.900 bits per heavy atom. The minimum atomic E-state index is 0.242. The first kappa shape index (κ1) is 19.4. The predicted molar refractivity (Wildman–Crippen MR) is 88.0 cm³/mol. The number of nitrogens with zero attached hydrogens (tertiary/aromatic N) is 1. The zero-order valence-electron chi connectivity index (χ0n) is 14.2. The van der Waals surface area contributed by atoms with Gasteiger partial charge in [-0.2, -0.15) is 0 Å². The first-order chi connectivity index (χ1) is 9.69. The Kier molecular flexibility index (Phi) is 13.0. The van der Waals surface area contributed by atoms with Crippen molar-refractivity contribution in [2.45, 2.75) is 85.1 Å². The topological polar surface area (TPSA) is 32.3 Å². The van der Waals surface area contributed by atoms with E-state index in [4.69, 9.17) is 0 Å². The molecule has 0 unspecified atom stereocenters. The van der Waals surface area contributed by atoms with Gasteiger partial charge >= 0.3 is 0 Å². The van der Waals surface area contributed by atoms with E-state index in [1.165, 1.54) is 51.4 Å². The number of unbranched alkanes of at least 4 members (excludes halogenated alkanes) is 4. The van der Waals surface area contributed by atoms with Crippen LogP contribution in [0.5, 0.6) is 0 Å². The number of carbonyl (C=O) groups is 1. The van der Waals surface area contributed by atoms with Crippen molar-refractivity contribution in [3.8, 4) is 0 Å². The third-order valence-electron chi connectivity index (χ3n) is 3.97. The van der Waals surface area contributed by atoms with Gasteiger partial charge in [0.2, 0.25) is 5.91 Å². The lowest BCUT2D eigenvalue weighted by molar-refractivity contribution is -0.130. The maximum Gasteiger partial charge on any atom is 0.236 e. The molecule has 0 saturated heterocycles. The van der Waals surface area contributed by atoms with Gasteiger partial charge in [0, 0.05) is 19.1 Å². The molecule has 0 radical (unpaired) electrons. The van der Waals surface area contributed by atoms with Crippen LogP contribution in [0.3, 0.4) is 0 Å². The van der Waals surface area contributed by atoms with E-state index >= 15 is 0 Å². The largest absolute Gasteiger partial charge is 0.342 e. The summed E-state index contributed by atoms with van der Waals surface area (Å²) in [7, 11) is 0. The van der Waals surface area contributed by atoms with E-state index < -0.39 is 0 Å². The Morgan fingerprint density at radius 2 is 1.40 bits per heavy atom. The van der Waals surface area contributed by atoms with Crippen molar-refractivity contribution in [3.05, 3.63) is 0 Å². The highest BCUT2D eigenvalue weighted by Gasteiger charge is 2.13. The van der Waals surface area contributed by atoms with Crippen molar-refractivity contribution in [2.24, 2.45) is 0 Å². The van der Waals surface area contributed by atoms with Gasteiger partial charge in [-0.1, -0.05) is 52.4 Å². The lowest BCUT2D eigenvalue weighted by Crippen LogP contribution is -2.41. The number of likely N-dealkylation sites (N-methyl/N-ethyl adjacent to an activating group) is 1. The van der Waals surface area contributed by atoms with Crippen LogP contribution in [-0.2, 0) is 4.79 Å². The Balaban J connectivity index is 4.08. The summed E-state index contributed by atoms with van der Waals surface area (Å²) in [6.45, 7) is 10.7. The van der Waals surface area contributed by atoms with E-state index in [1.54, 1.807) is 0 Å². The third-order valence-corrected chi connectivity index (χ3v) is 3.97. The summed E-state index contributed by atoms with van der Waals surface area (Å²) in [6, 6.07) is 0.521. The standard InChI is InChI=1S/C17H36N2O/c1-5-9-11-13-16(14-12-10-6-2)18-15-17(20)19(7-3)8-4/h16,18H,5-15H2,1-4H3. The van der Waals surface area contributed by atoms with Crippen LogP contribution in [0.4, 0.5) is 0 Å². The third kappa shape index (κ3) is 9.35. The lowest BCUT2D eigenvalue weighted by atomic mass is 10.0. The van der Waals surface area contributed by atoms with Gasteiger partial charge in [-0.25, -0.2) is 0 Å². The summed E-state index contributed by atoms with van der Waals surface area (Å²) < 4.78 is 0. The van der Waals surface area contributed by atoms with Crippen LogP contribution in [0.1, 0.15) is 79.1 Å². The second kappa shape index (κ2) is 13.4. The van der Waals surface area contributed by atoms with Crippen LogP contribution in [-0.4, -0.2) is 36.5 Å². The van der Waals surface area contributed by atoms with Gasteiger partial charge in [-0.3, -0.25) is 4.79 Å². The predicted octanol–water partition coefficient (Wildman–Crippen LogP) is 3.97. The second-order valence-corrected chi connectivity index (χ2v) is 5.64. The summed E-state index contributed by atoms with van der Waals surface area (Å²) in [6.07, 6.45) is 10.1. The van der Waals surface area contributed by atoms with Crippen molar-refractivity contribution in [3.63, 3.8) is 0 Å². The molecule has 0 fully saturated rings. The highest BCUT2D eigenvalue weighted by atomic mass is 16.2. The van der Waals surface area contributed by atoms with Gasteiger partial charge in [-0.15, -0.1) is 0 Å². The van der Waals surface area contributed by atoms with Crippen LogP contribution >= 0.6 is 0 Å². The summed E-state index contributed by atoms with van der Waals surface area (Å²) >= 11 is 0. The first-order valence-corrected chi connectivity index (χ1v) is 8.70. The van der Waals surface area contributed by atoms with E-state index in [-0.39, 0.29) is 5.91 Å². The summed E-state index contributed by atoms with van der Waals surface area (Å²) in [5, 5.41) is 3.50. The molecule has 0 spiro atoms. The van der Waals surface area contributed by atoms with Crippen LogP contribution < -0.4 is 5.32 Å². The molecule has 0 bridgehead atoms. The number of carbonyl (C=O) groups excluding carboxylic acids is 1. The Labute approximate surface area is 126 Å². The zero-order valence-corrected chi connectivity index (χ0v) is 14.2. The second-order valence-electron chi connectivity index (χ2n) is 5.64. The van der Waals surface area contributed by atoms with Crippen LogP contribution in [0, 0.1) is 0 Å². The molecule has 0 aliphatic rings. The average molecular weight is 284 g/mol. The van der Waals surface area contributed by atoms with Gasteiger partial charge in [0.05, 0.1) is 6.54 Å². The normalized spacial score (nSPS) is 11.1. The molecule has 20 heavy (non-hydrogen) atoms. The van der Waals surface area contributed by atoms with Crippen LogP contribution in [0.15, 0.2) is 0 Å². The molecule has 0 aromatic rings. The quantitative estimate of drug-likeness (QED) is 0.519. The maximum absolute atomic E-state index is 12.0. The summed E-state index contributed by atoms with van der Waals surface area (Å²) in [5.41, 5.74) is 0. The van der Waals surface area contributed by atoms with E-state index in [0.29, 0.717) is 12.6 Å². The fraction of sp³-hybridized carbons (Fsp3) is 0.941. The molecular weight excluding hydrogens is 248 g/mol. The molecule has 0 atom stereocenters. The fourth-order valence-electron chi connectivity index (χ4n) is 2.55. The van der Waals surface area contributed by atoms with Crippen LogP contribution in [0.2, 0.25) is 0 Å². The van der Waals surface area contributed by atoms with Gasteiger partial charge in [0.15, 0.2) is 0 Å². The molecule has 1 amide bonds. The van der Waals surface area contributed by atoms with E-state index in [0.717, 1.165) is 13.1 Å². The van der Waals surface area contributed by atoms with E-state index in [1.807, 2.05) is 18.7 Å². The average Bonchev–Trinajstić information content (AvgIpc) is 2.45. The molecule has 0 aliphatic heterocycles. The molecule has 3 heteroatoms. The molecule has 0 aromatic heterocycles. The first-order valence-electron chi connectivity index (χ1n) is 8.70. The lowest BCUT2D eigenvalue weighted by Gasteiger charge is -2.22. The Morgan fingerprint density at radius 3 is 1.80 bits per heavy atom. The summed E-state index contributed by atoms with van der Waals surface area (Å²) in [4.78, 5) is 13.9. The number of hydrogen-bond acceptors (Lipinski definition) is 2. The van der Waals surface area contributed by atoms with E-state index in [9.17, 15) is 4.79 Å². The van der Waals surface area contributed by atoms with Gasteiger partial charge in [-0.05, 0) is 26.7 Å². The van der Waals surface area contributed by atoms with Crippen molar-refractivity contribution < 1.29 is 4.79 Å². The van der Waals surface area contributed by atoms with Gasteiger partial charge < -0.3 is 10.2 Å². The van der Waals surface area contributed by atoms with Gasteiger partial charge in [0.1, 0.15) is 0 Å². The minimum Gasteiger partial charge on any atom is -0.342 e. The SMILES string of the molecule is CCCCCC(CCCCC)NCC(=O)N(CC)CC. The Bertz CT molecular complexity index is 217.